The van der Waals surface area contributed by atoms with Gasteiger partial charge in [0.2, 0.25) is 0 Å². The average Bonchev–Trinajstić information content (AvgIpc) is 3.11. The molecule has 1 aliphatic rings. The maximum atomic E-state index is 11.2. The quantitative estimate of drug-likeness (QED) is 0.703. The van der Waals surface area contributed by atoms with E-state index < -0.39 is 11.9 Å². The Morgan fingerprint density at radius 2 is 2.48 bits per heavy atom. The minimum absolute atomic E-state index is 0.435. The van der Waals surface area contributed by atoms with Gasteiger partial charge in [-0.2, -0.15) is 5.10 Å². The molecule has 2 aromatic heterocycles. The SMILES string of the molecule is O=C(O)C1CCCc2sc(NCCCc3ncn[nH]3)nc21. The zero-order chi connectivity index (χ0) is 14.7. The standard InChI is InChI=1S/C13H17N5O2S/c19-12(20)8-3-1-4-9-11(8)17-13(21-9)14-6-2-5-10-15-7-16-18-10/h7-8H,1-6H2,(H,14,17)(H,19,20)(H,15,16,18). The number of anilines is 1. The number of carboxylic acid groups (broad SMARTS) is 1. The summed E-state index contributed by atoms with van der Waals surface area (Å²) in [6.07, 6.45) is 5.81. The van der Waals surface area contributed by atoms with Crippen molar-refractivity contribution in [1.29, 1.82) is 0 Å². The second kappa shape index (κ2) is 6.21. The number of aromatic nitrogens is 4. The number of aliphatic carboxylic acids is 1. The molecule has 0 saturated heterocycles. The summed E-state index contributed by atoms with van der Waals surface area (Å²) in [7, 11) is 0. The third-order valence-electron chi connectivity index (χ3n) is 3.58. The number of carboxylic acids is 1. The molecule has 21 heavy (non-hydrogen) atoms. The first-order chi connectivity index (χ1) is 10.2. The van der Waals surface area contributed by atoms with E-state index in [4.69, 9.17) is 0 Å². The molecule has 1 atom stereocenters. The van der Waals surface area contributed by atoms with Crippen molar-refractivity contribution in [1.82, 2.24) is 20.2 Å². The fourth-order valence-corrected chi connectivity index (χ4v) is 3.63. The number of aryl methyl sites for hydroxylation is 2. The Morgan fingerprint density at radius 1 is 1.57 bits per heavy atom. The maximum absolute atomic E-state index is 11.2. The lowest BCUT2D eigenvalue weighted by Gasteiger charge is -2.16. The highest BCUT2D eigenvalue weighted by atomic mass is 32.1. The van der Waals surface area contributed by atoms with Crippen molar-refractivity contribution in [2.75, 3.05) is 11.9 Å². The lowest BCUT2D eigenvalue weighted by Crippen LogP contribution is -2.17. The van der Waals surface area contributed by atoms with Crippen LogP contribution >= 0.6 is 11.3 Å². The minimum atomic E-state index is -0.766. The molecular formula is C13H17N5O2S. The molecular weight excluding hydrogens is 290 g/mol. The van der Waals surface area contributed by atoms with E-state index in [1.807, 2.05) is 0 Å². The summed E-state index contributed by atoms with van der Waals surface area (Å²) in [5.41, 5.74) is 0.761. The average molecular weight is 307 g/mol. The van der Waals surface area contributed by atoms with Crippen LogP contribution < -0.4 is 5.32 Å². The fourth-order valence-electron chi connectivity index (χ4n) is 2.54. The van der Waals surface area contributed by atoms with Gasteiger partial charge in [0.25, 0.3) is 0 Å². The van der Waals surface area contributed by atoms with Gasteiger partial charge in [0.05, 0.1) is 5.69 Å². The van der Waals surface area contributed by atoms with Crippen LogP contribution in [0.1, 0.15) is 41.6 Å². The highest BCUT2D eigenvalue weighted by Crippen LogP contribution is 2.36. The fraction of sp³-hybridized carbons (Fsp3) is 0.538. The second-order valence-electron chi connectivity index (χ2n) is 5.07. The van der Waals surface area contributed by atoms with E-state index in [2.05, 4.69) is 25.5 Å². The van der Waals surface area contributed by atoms with Crippen molar-refractivity contribution in [2.24, 2.45) is 0 Å². The van der Waals surface area contributed by atoms with Crippen molar-refractivity contribution in [3.8, 4) is 0 Å². The predicted molar refractivity (Wildman–Crippen MR) is 78.6 cm³/mol. The topological polar surface area (TPSA) is 104 Å². The molecule has 1 unspecified atom stereocenters. The predicted octanol–water partition coefficient (Wildman–Crippen LogP) is 1.81. The number of nitrogens with one attached hydrogen (secondary N) is 2. The van der Waals surface area contributed by atoms with Gasteiger partial charge in [0, 0.05) is 17.8 Å². The van der Waals surface area contributed by atoms with Crippen LogP contribution in [0.2, 0.25) is 0 Å². The normalized spacial score (nSPS) is 17.4. The van der Waals surface area contributed by atoms with Crippen molar-refractivity contribution in [3.63, 3.8) is 0 Å². The number of H-pyrrole nitrogens is 1. The lowest BCUT2D eigenvalue weighted by atomic mass is 9.91. The molecule has 3 N–H and O–H groups in total. The Kier molecular flexibility index (Phi) is 4.14. The summed E-state index contributed by atoms with van der Waals surface area (Å²) in [6, 6.07) is 0. The molecule has 0 fully saturated rings. The van der Waals surface area contributed by atoms with E-state index in [1.54, 1.807) is 11.3 Å². The highest BCUT2D eigenvalue weighted by Gasteiger charge is 2.29. The van der Waals surface area contributed by atoms with Crippen LogP contribution in [-0.4, -0.2) is 37.8 Å². The molecule has 0 amide bonds. The Labute approximate surface area is 125 Å². The zero-order valence-electron chi connectivity index (χ0n) is 11.5. The summed E-state index contributed by atoms with van der Waals surface area (Å²) >= 11 is 1.58. The molecule has 7 nitrogen and oxygen atoms in total. The van der Waals surface area contributed by atoms with Crippen molar-refractivity contribution >= 4 is 22.4 Å². The summed E-state index contributed by atoms with van der Waals surface area (Å²) in [6.45, 7) is 0.783. The highest BCUT2D eigenvalue weighted by molar-refractivity contribution is 7.15. The largest absolute Gasteiger partial charge is 0.481 e. The minimum Gasteiger partial charge on any atom is -0.481 e. The summed E-state index contributed by atoms with van der Waals surface area (Å²) in [4.78, 5) is 20.9. The number of fused-ring (bicyclic) bond motifs is 1. The lowest BCUT2D eigenvalue weighted by molar-refractivity contribution is -0.139. The molecule has 112 valence electrons. The van der Waals surface area contributed by atoms with E-state index in [0.29, 0.717) is 6.42 Å². The van der Waals surface area contributed by atoms with Gasteiger partial charge < -0.3 is 10.4 Å². The molecule has 0 bridgehead atoms. The van der Waals surface area contributed by atoms with Gasteiger partial charge in [-0.3, -0.25) is 9.89 Å². The first-order valence-electron chi connectivity index (χ1n) is 7.04. The molecule has 0 radical (unpaired) electrons. The Bertz CT molecular complexity index is 610. The van der Waals surface area contributed by atoms with E-state index in [9.17, 15) is 9.90 Å². The van der Waals surface area contributed by atoms with Crippen LogP contribution in [0, 0.1) is 0 Å². The van der Waals surface area contributed by atoms with Crippen LogP contribution in [0.4, 0.5) is 5.13 Å². The number of carbonyl (C=O) groups is 1. The van der Waals surface area contributed by atoms with Gasteiger partial charge in [-0.25, -0.2) is 9.97 Å². The Balaban J connectivity index is 1.56. The van der Waals surface area contributed by atoms with Crippen molar-refractivity contribution < 1.29 is 9.90 Å². The number of rotatable bonds is 6. The number of aromatic amines is 1. The van der Waals surface area contributed by atoms with Crippen molar-refractivity contribution in [2.45, 2.75) is 38.0 Å². The van der Waals surface area contributed by atoms with Crippen LogP contribution in [0.5, 0.6) is 0 Å². The van der Waals surface area contributed by atoms with Gasteiger partial charge in [-0.15, -0.1) is 11.3 Å². The van der Waals surface area contributed by atoms with Gasteiger partial charge in [-0.05, 0) is 25.7 Å². The molecule has 0 spiro atoms. The monoisotopic (exact) mass is 307 g/mol. The van der Waals surface area contributed by atoms with Gasteiger partial charge in [0.1, 0.15) is 18.1 Å². The Morgan fingerprint density at radius 3 is 3.24 bits per heavy atom. The molecule has 0 aromatic carbocycles. The van der Waals surface area contributed by atoms with Crippen LogP contribution in [-0.2, 0) is 17.6 Å². The van der Waals surface area contributed by atoms with Crippen LogP contribution in [0.3, 0.4) is 0 Å². The number of thiazole rings is 1. The number of hydrogen-bond acceptors (Lipinski definition) is 6. The van der Waals surface area contributed by atoms with E-state index in [0.717, 1.165) is 53.8 Å². The third-order valence-corrected chi connectivity index (χ3v) is 4.67. The molecule has 3 rings (SSSR count). The molecule has 8 heteroatoms. The van der Waals surface area contributed by atoms with E-state index in [-0.39, 0.29) is 0 Å². The number of hydrogen-bond donors (Lipinski definition) is 3. The molecule has 2 heterocycles. The van der Waals surface area contributed by atoms with E-state index >= 15 is 0 Å². The van der Waals surface area contributed by atoms with Crippen LogP contribution in [0.25, 0.3) is 0 Å². The first-order valence-corrected chi connectivity index (χ1v) is 7.86. The third kappa shape index (κ3) is 3.21. The van der Waals surface area contributed by atoms with Gasteiger partial charge in [0.15, 0.2) is 5.13 Å². The molecule has 0 saturated carbocycles. The maximum Gasteiger partial charge on any atom is 0.312 e. The zero-order valence-corrected chi connectivity index (χ0v) is 12.3. The summed E-state index contributed by atoms with van der Waals surface area (Å²) < 4.78 is 0. The number of nitrogens with zero attached hydrogens (tertiary/aromatic N) is 3. The van der Waals surface area contributed by atoms with Crippen LogP contribution in [0.15, 0.2) is 6.33 Å². The summed E-state index contributed by atoms with van der Waals surface area (Å²) in [5, 5.41) is 20.0. The smallest absolute Gasteiger partial charge is 0.312 e. The molecule has 2 aromatic rings. The molecule has 1 aliphatic carbocycles. The van der Waals surface area contributed by atoms with Gasteiger partial charge >= 0.3 is 5.97 Å². The first kappa shape index (κ1) is 14.0. The Hall–Kier alpha value is -1.96. The van der Waals surface area contributed by atoms with Crippen molar-refractivity contribution in [3.05, 3.63) is 22.7 Å². The van der Waals surface area contributed by atoms with E-state index in [1.165, 1.54) is 6.33 Å². The summed E-state index contributed by atoms with van der Waals surface area (Å²) in [5.74, 6) is -0.325. The molecule has 0 aliphatic heterocycles. The second-order valence-corrected chi connectivity index (χ2v) is 6.16. The van der Waals surface area contributed by atoms with Gasteiger partial charge in [-0.1, -0.05) is 0 Å².